The van der Waals surface area contributed by atoms with Gasteiger partial charge >= 0.3 is 228 Å². The van der Waals surface area contributed by atoms with Crippen LogP contribution in [0.4, 0.5) is 0 Å². The summed E-state index contributed by atoms with van der Waals surface area (Å²) in [6.07, 6.45) is 16.6. The van der Waals surface area contributed by atoms with Gasteiger partial charge in [-0.25, -0.2) is 0 Å². The Bertz CT molecular complexity index is 861. The van der Waals surface area contributed by atoms with Gasteiger partial charge in [0.2, 0.25) is 0 Å². The normalized spacial score (nSPS) is 13.1. The van der Waals surface area contributed by atoms with Crippen molar-refractivity contribution in [2.45, 2.75) is 110 Å². The number of hydrogen-bond acceptors (Lipinski definition) is 5. The molecule has 0 radical (unpaired) electrons. The van der Waals surface area contributed by atoms with E-state index < -0.39 is 22.9 Å². The van der Waals surface area contributed by atoms with E-state index in [0.717, 1.165) is 101 Å². The van der Waals surface area contributed by atoms with Crippen LogP contribution in [0.15, 0.2) is 41.8 Å². The van der Waals surface area contributed by atoms with Crippen molar-refractivity contribution in [3.05, 3.63) is 42.5 Å². The van der Waals surface area contributed by atoms with Gasteiger partial charge in [0.25, 0.3) is 0 Å². The van der Waals surface area contributed by atoms with Crippen LogP contribution in [0.5, 0.6) is 0 Å². The molecule has 0 aromatic heterocycles. The molecule has 214 valence electrons. The Balaban J connectivity index is 3.55. The zero-order valence-electron chi connectivity index (χ0n) is 24.0. The second kappa shape index (κ2) is 17.4. The Kier molecular flexibility index (Phi) is 15.9. The number of esters is 1. The standard InChI is InChI=1S/C30H53O5PS/c1-6-10-13-16-24-36(25-17-14-11-7-2,26-18-15-12-8-3,27-23-34-30(31)9-4)35-37(32,33)29-21-19-28(5)20-22-29/h9,19-22H,4,6-8,10-18,23-27H2,1-3,5H3. The number of hydrogen-bond donors (Lipinski definition) is 0. The van der Waals surface area contributed by atoms with E-state index in [2.05, 4.69) is 27.4 Å². The second-order valence-electron chi connectivity index (χ2n) is 10.6. The summed E-state index contributed by atoms with van der Waals surface area (Å²) in [5.74, 6) is -0.471. The Morgan fingerprint density at radius 1 is 0.784 bits per heavy atom. The predicted molar refractivity (Wildman–Crippen MR) is 159 cm³/mol. The van der Waals surface area contributed by atoms with Crippen molar-refractivity contribution >= 4 is 22.9 Å². The van der Waals surface area contributed by atoms with E-state index in [1.165, 1.54) is 6.08 Å². The number of ether oxygens (including phenoxy) is 1. The van der Waals surface area contributed by atoms with Crippen molar-refractivity contribution in [3.63, 3.8) is 0 Å². The van der Waals surface area contributed by atoms with Crippen LogP contribution < -0.4 is 0 Å². The molecule has 7 heteroatoms. The zero-order valence-corrected chi connectivity index (χ0v) is 25.7. The van der Waals surface area contributed by atoms with Crippen LogP contribution >= 0.6 is 6.83 Å². The van der Waals surface area contributed by atoms with Gasteiger partial charge in [0, 0.05) is 0 Å². The Morgan fingerprint density at radius 3 is 1.65 bits per heavy atom. The van der Waals surface area contributed by atoms with E-state index in [0.29, 0.717) is 6.16 Å². The van der Waals surface area contributed by atoms with Gasteiger partial charge in [-0.3, -0.25) is 0 Å². The third kappa shape index (κ3) is 12.0. The maximum absolute atomic E-state index is 13.9. The molecule has 0 aliphatic rings. The number of benzene rings is 1. The molecule has 5 nitrogen and oxygen atoms in total. The number of aryl methyl sites for hydroxylation is 1. The molecule has 1 aromatic carbocycles. The zero-order chi connectivity index (χ0) is 27.6. The van der Waals surface area contributed by atoms with Crippen LogP contribution in [0, 0.1) is 6.92 Å². The Labute approximate surface area is 227 Å². The minimum atomic E-state index is -3.98. The maximum atomic E-state index is 13.9. The molecule has 0 aliphatic heterocycles. The average molecular weight is 557 g/mol. The summed E-state index contributed by atoms with van der Waals surface area (Å²) < 4.78 is 39.9. The first-order valence-corrected chi connectivity index (χ1v) is 18.8. The molecule has 0 fully saturated rings. The fraction of sp³-hybridized carbons (Fsp3) is 0.700. The Hall–Kier alpha value is -1.23. The summed E-state index contributed by atoms with van der Waals surface area (Å²) in [6, 6.07) is 6.94. The Morgan fingerprint density at radius 2 is 1.24 bits per heavy atom. The molecule has 0 aliphatic carbocycles. The van der Waals surface area contributed by atoms with Crippen molar-refractivity contribution in [1.82, 2.24) is 0 Å². The van der Waals surface area contributed by atoms with E-state index in [9.17, 15) is 13.2 Å². The first-order valence-electron chi connectivity index (χ1n) is 14.5. The molecule has 1 aromatic rings. The van der Waals surface area contributed by atoms with Crippen molar-refractivity contribution in [2.75, 3.05) is 31.3 Å². The van der Waals surface area contributed by atoms with Crippen LogP contribution in [0.1, 0.15) is 103 Å². The summed E-state index contributed by atoms with van der Waals surface area (Å²) >= 11 is 0. The summed E-state index contributed by atoms with van der Waals surface area (Å²) in [4.78, 5) is 12.2. The topological polar surface area (TPSA) is 69.7 Å². The molecule has 1 rings (SSSR count). The fourth-order valence-corrected chi connectivity index (χ4v) is 14.3. The molecule has 0 N–H and O–H groups in total. The van der Waals surface area contributed by atoms with Gasteiger partial charge in [-0.2, -0.15) is 0 Å². The predicted octanol–water partition coefficient (Wildman–Crippen LogP) is 8.64. The van der Waals surface area contributed by atoms with Gasteiger partial charge in [-0.05, 0) is 0 Å². The fourth-order valence-electron chi connectivity index (χ4n) is 5.10. The summed E-state index contributed by atoms with van der Waals surface area (Å²) in [5, 5.41) is 0. The van der Waals surface area contributed by atoms with Crippen LogP contribution in [0.25, 0.3) is 0 Å². The van der Waals surface area contributed by atoms with Gasteiger partial charge < -0.3 is 0 Å². The molecular weight excluding hydrogens is 503 g/mol. The van der Waals surface area contributed by atoms with E-state index in [1.807, 2.05) is 19.1 Å². The molecule has 0 bridgehead atoms. The third-order valence-electron chi connectivity index (χ3n) is 7.42. The van der Waals surface area contributed by atoms with Gasteiger partial charge in [0.1, 0.15) is 0 Å². The first-order chi connectivity index (χ1) is 17.7. The monoisotopic (exact) mass is 556 g/mol. The number of carbonyl (C=O) groups excluding carboxylic acids is 1. The quantitative estimate of drug-likeness (QED) is 0.0619. The van der Waals surface area contributed by atoms with E-state index >= 15 is 0 Å². The first kappa shape index (κ1) is 33.8. The van der Waals surface area contributed by atoms with Crippen LogP contribution in [0.2, 0.25) is 0 Å². The van der Waals surface area contributed by atoms with Crippen LogP contribution in [-0.4, -0.2) is 45.6 Å². The number of unbranched alkanes of at least 4 members (excludes halogenated alkanes) is 9. The van der Waals surface area contributed by atoms with Crippen molar-refractivity contribution in [3.8, 4) is 0 Å². The van der Waals surface area contributed by atoms with E-state index in [1.54, 1.807) is 12.1 Å². The molecule has 0 saturated carbocycles. The molecule has 0 amide bonds. The van der Waals surface area contributed by atoms with Gasteiger partial charge in [0.15, 0.2) is 0 Å². The van der Waals surface area contributed by atoms with E-state index in [4.69, 9.17) is 8.71 Å². The van der Waals surface area contributed by atoms with Gasteiger partial charge in [0.05, 0.1) is 0 Å². The van der Waals surface area contributed by atoms with Crippen LogP contribution in [0.3, 0.4) is 0 Å². The second-order valence-corrected chi connectivity index (χ2v) is 18.1. The van der Waals surface area contributed by atoms with Gasteiger partial charge in [-0.1, -0.05) is 0 Å². The summed E-state index contributed by atoms with van der Waals surface area (Å²) in [7, 11) is -3.98. The number of rotatable bonds is 22. The van der Waals surface area contributed by atoms with Crippen molar-refractivity contribution in [1.29, 1.82) is 0 Å². The molecule has 0 heterocycles. The molecule has 0 saturated heterocycles. The SMILES string of the molecule is C=CC(=O)OCCP(CCCCCC)(CCCCCC)(CCCCCC)OS(=O)(=O)c1ccc(C)cc1. The molecule has 0 unspecified atom stereocenters. The number of carbonyl (C=O) groups is 1. The van der Waals surface area contributed by atoms with Crippen molar-refractivity contribution in [2.24, 2.45) is 0 Å². The molecule has 0 spiro atoms. The van der Waals surface area contributed by atoms with Gasteiger partial charge in [-0.15, -0.1) is 0 Å². The summed E-state index contributed by atoms with van der Waals surface area (Å²) in [5.41, 5.74) is 1.01. The van der Waals surface area contributed by atoms with Crippen molar-refractivity contribution < 1.29 is 21.9 Å². The minimum absolute atomic E-state index is 0.168. The van der Waals surface area contributed by atoms with E-state index in [-0.39, 0.29) is 11.5 Å². The molecule has 0 atom stereocenters. The third-order valence-corrected chi connectivity index (χ3v) is 16.4. The molecular formula is C30H53O5PS. The molecule has 37 heavy (non-hydrogen) atoms. The van der Waals surface area contributed by atoms with Crippen LogP contribution in [-0.2, 0) is 23.6 Å². The average Bonchev–Trinajstić information content (AvgIpc) is 2.87. The summed E-state index contributed by atoms with van der Waals surface area (Å²) in [6.45, 7) is 8.86.